The van der Waals surface area contributed by atoms with E-state index in [1.165, 1.54) is 31.7 Å². The summed E-state index contributed by atoms with van der Waals surface area (Å²) in [6.45, 7) is 12.9. The van der Waals surface area contributed by atoms with Crippen molar-refractivity contribution in [1.29, 1.82) is 0 Å². The van der Waals surface area contributed by atoms with Gasteiger partial charge >= 0.3 is 6.09 Å². The minimum absolute atomic E-state index is 0.0218. The van der Waals surface area contributed by atoms with Gasteiger partial charge in [0.25, 0.3) is 0 Å². The Morgan fingerprint density at radius 3 is 2.27 bits per heavy atom. The third-order valence-electron chi connectivity index (χ3n) is 14.0. The molecule has 3 saturated heterocycles. The summed E-state index contributed by atoms with van der Waals surface area (Å²) >= 11 is 0. The molecule has 62 heavy (non-hydrogen) atoms. The molecule has 3 heterocycles. The molecule has 0 spiro atoms. The molecular weight excluding hydrogens is 806 g/mol. The minimum atomic E-state index is -3.86. The van der Waals surface area contributed by atoms with Crippen LogP contribution in [0.1, 0.15) is 50.5 Å². The normalized spacial score (nSPS) is 21.2. The number of anilines is 3. The van der Waals surface area contributed by atoms with Crippen LogP contribution in [0.3, 0.4) is 0 Å². The third-order valence-corrected chi connectivity index (χ3v) is 15.8. The molecule has 7 rings (SSSR count). The van der Waals surface area contributed by atoms with Crippen LogP contribution in [0, 0.1) is 23.6 Å². The van der Waals surface area contributed by atoms with Crippen LogP contribution >= 0.6 is 0 Å². The number of carbonyl (C=O) groups excluding carboxylic acids is 2. The van der Waals surface area contributed by atoms with Gasteiger partial charge in [0.2, 0.25) is 15.7 Å². The number of methoxy groups -OCH3 is 1. The second-order valence-corrected chi connectivity index (χ2v) is 20.2. The van der Waals surface area contributed by atoms with Gasteiger partial charge in [-0.15, -0.1) is 0 Å². The van der Waals surface area contributed by atoms with E-state index in [2.05, 4.69) is 42.9 Å². The summed E-state index contributed by atoms with van der Waals surface area (Å²) in [6.07, 6.45) is 7.79. The molecule has 3 aliphatic heterocycles. The molecule has 1 saturated carbocycles. The second-order valence-electron chi connectivity index (χ2n) is 18.3. The van der Waals surface area contributed by atoms with Gasteiger partial charge in [-0.1, -0.05) is 25.1 Å². The molecule has 4 fully saturated rings. The van der Waals surface area contributed by atoms with Crippen molar-refractivity contribution >= 4 is 38.9 Å². The number of nitrogens with one attached hydrogen (secondary N) is 2. The van der Waals surface area contributed by atoms with E-state index in [9.17, 15) is 18.0 Å². The Morgan fingerprint density at radius 1 is 0.903 bits per heavy atom. The number of halogens is 1. The Labute approximate surface area is 368 Å². The quantitative estimate of drug-likeness (QED) is 0.138. The predicted octanol–water partition coefficient (Wildman–Crippen LogP) is 6.49. The zero-order valence-corrected chi connectivity index (χ0v) is 37.8. The van der Waals surface area contributed by atoms with E-state index in [4.69, 9.17) is 4.74 Å². The maximum absolute atomic E-state index is 15.1. The Hall–Kier alpha value is -4.50. The maximum Gasteiger partial charge on any atom is 0.407 e. The minimum Gasteiger partial charge on any atom is -0.453 e. The highest BCUT2D eigenvalue weighted by Crippen LogP contribution is 2.51. The number of piperidine rings is 1. The average molecular weight is 872 g/mol. The molecule has 3 atom stereocenters. The van der Waals surface area contributed by atoms with Gasteiger partial charge in [-0.3, -0.25) is 4.79 Å². The molecule has 0 aromatic heterocycles. The summed E-state index contributed by atoms with van der Waals surface area (Å²) in [5, 5.41) is 6.00. The van der Waals surface area contributed by atoms with Gasteiger partial charge in [0.1, 0.15) is 5.82 Å². The molecule has 0 bridgehead atoms. The molecule has 3 aromatic carbocycles. The Bertz CT molecular complexity index is 2140. The Kier molecular flexibility index (Phi) is 14.6. The van der Waals surface area contributed by atoms with Crippen molar-refractivity contribution in [2.24, 2.45) is 17.8 Å². The molecule has 4 aliphatic rings. The average Bonchev–Trinajstić information content (AvgIpc) is 3.70. The van der Waals surface area contributed by atoms with Crippen LogP contribution in [0.4, 0.5) is 26.2 Å². The summed E-state index contributed by atoms with van der Waals surface area (Å²) in [5.41, 5.74) is 2.92. The lowest BCUT2D eigenvalue weighted by Gasteiger charge is -2.54. The van der Waals surface area contributed by atoms with Gasteiger partial charge < -0.3 is 39.9 Å². The van der Waals surface area contributed by atoms with Crippen molar-refractivity contribution in [3.63, 3.8) is 0 Å². The largest absolute Gasteiger partial charge is 0.453 e. The number of hydrogen-bond acceptors (Lipinski definition) is 10. The van der Waals surface area contributed by atoms with Crippen LogP contribution in [0.5, 0.6) is 0 Å². The van der Waals surface area contributed by atoms with Crippen LogP contribution < -0.4 is 20.4 Å². The maximum atomic E-state index is 15.1. The van der Waals surface area contributed by atoms with E-state index in [1.807, 2.05) is 44.2 Å². The highest BCUT2D eigenvalue weighted by atomic mass is 32.2. The number of likely N-dealkylation sites (tertiary alicyclic amines) is 2. The fourth-order valence-electron chi connectivity index (χ4n) is 10.6. The molecule has 2 N–H and O–H groups in total. The summed E-state index contributed by atoms with van der Waals surface area (Å²) in [6, 6.07) is 19.3. The van der Waals surface area contributed by atoms with E-state index < -0.39 is 21.8 Å². The lowest BCUT2D eigenvalue weighted by molar-refractivity contribution is -0.111. The first-order valence-corrected chi connectivity index (χ1v) is 23.9. The number of ether oxygens (including phenoxy) is 1. The fraction of sp³-hybridized carbons (Fsp3) is 0.542. The zero-order valence-electron chi connectivity index (χ0n) is 37.0. The number of rotatable bonds is 18. The first kappa shape index (κ1) is 45.5. The van der Waals surface area contributed by atoms with E-state index in [0.29, 0.717) is 17.5 Å². The van der Waals surface area contributed by atoms with Crippen LogP contribution in [0.15, 0.2) is 89.2 Å². The fourth-order valence-corrected chi connectivity index (χ4v) is 11.9. The monoisotopic (exact) mass is 871 g/mol. The molecule has 14 heteroatoms. The molecular formula is C48H66FN7O5S. The standard InChI is InChI=1S/C48H66FN7O5S/c1-6-46(57)50-44-30-41(19-20-45(44)53(4)24-9-23-52(2)3)62(59,60)40-17-15-39(16-18-40)56-32-35(33-56)31-54-27-21-36(22-28-54)48(34-55-25-10-26-55,37-11-7-12-38(49)29-37)42-13-8-14-43(42)51-47(58)61-5/h6-7,11-12,15-20,29-30,35-36,42-43H,1,8-10,13-14,21-28,31-34H2,2-5H3,(H,50,57)(H,51,58)/t42-,43-,48-/m0/s1. The zero-order chi connectivity index (χ0) is 44.0. The lowest BCUT2D eigenvalue weighted by atomic mass is 9.57. The number of nitrogens with zero attached hydrogens (tertiary/aromatic N) is 5. The lowest BCUT2D eigenvalue weighted by Crippen LogP contribution is -2.60. The topological polar surface area (TPSA) is 118 Å². The third kappa shape index (κ3) is 10.1. The van der Waals surface area contributed by atoms with E-state index in [-0.39, 0.29) is 33.0 Å². The molecule has 3 aromatic rings. The summed E-state index contributed by atoms with van der Waals surface area (Å²) < 4.78 is 47.9. The number of carbonyl (C=O) groups is 2. The van der Waals surface area contributed by atoms with Crippen molar-refractivity contribution in [1.82, 2.24) is 20.0 Å². The number of sulfone groups is 1. The van der Waals surface area contributed by atoms with Gasteiger partial charge in [-0.25, -0.2) is 17.6 Å². The second kappa shape index (κ2) is 19.9. The summed E-state index contributed by atoms with van der Waals surface area (Å²) in [7, 11) is 3.52. The van der Waals surface area contributed by atoms with Crippen LogP contribution in [0.2, 0.25) is 0 Å². The van der Waals surface area contributed by atoms with E-state index in [1.54, 1.807) is 30.3 Å². The number of amides is 2. The molecule has 0 unspecified atom stereocenters. The smallest absolute Gasteiger partial charge is 0.407 e. The SMILES string of the molecule is C=CC(=O)Nc1cc(S(=O)(=O)c2ccc(N3CC(CN4CCC([C@@](CN5CCC5)(c5cccc(F)c5)[C@H]5CCC[C@@H]5NC(=O)OC)CC4)C3)cc2)ccc1N(C)CCCN(C)C. The number of hydrogen-bond donors (Lipinski definition) is 2. The Morgan fingerprint density at radius 2 is 1.63 bits per heavy atom. The first-order chi connectivity index (χ1) is 29.8. The summed E-state index contributed by atoms with van der Waals surface area (Å²) in [4.78, 5) is 36.8. The van der Waals surface area contributed by atoms with Crippen LogP contribution in [-0.4, -0.2) is 135 Å². The highest BCUT2D eigenvalue weighted by molar-refractivity contribution is 7.91. The van der Waals surface area contributed by atoms with Crippen molar-refractivity contribution in [2.75, 3.05) is 109 Å². The molecule has 1 aliphatic carbocycles. The molecule has 12 nitrogen and oxygen atoms in total. The predicted molar refractivity (Wildman–Crippen MR) is 244 cm³/mol. The van der Waals surface area contributed by atoms with E-state index >= 15 is 4.39 Å². The molecule has 2 amide bonds. The van der Waals surface area contributed by atoms with Gasteiger partial charge in [-0.2, -0.15) is 0 Å². The van der Waals surface area contributed by atoms with Crippen LogP contribution in [-0.2, 0) is 24.8 Å². The van der Waals surface area contributed by atoms with Gasteiger partial charge in [-0.05, 0) is 163 Å². The first-order valence-electron chi connectivity index (χ1n) is 22.4. The number of alkyl carbamates (subject to hydrolysis) is 1. The van der Waals surface area contributed by atoms with Crippen molar-refractivity contribution in [2.45, 2.75) is 66.2 Å². The number of benzene rings is 3. The van der Waals surface area contributed by atoms with Gasteiger partial charge in [0.15, 0.2) is 0 Å². The van der Waals surface area contributed by atoms with Crippen molar-refractivity contribution in [3.05, 3.63) is 90.8 Å². The summed E-state index contributed by atoms with van der Waals surface area (Å²) in [5.74, 6) is 0.401. The van der Waals surface area contributed by atoms with Gasteiger partial charge in [0.05, 0.1) is 28.3 Å². The highest BCUT2D eigenvalue weighted by Gasteiger charge is 2.53. The van der Waals surface area contributed by atoms with Gasteiger partial charge in [0, 0.05) is 62.8 Å². The molecule has 0 radical (unpaired) electrons. The van der Waals surface area contributed by atoms with Crippen molar-refractivity contribution < 1.29 is 27.1 Å². The van der Waals surface area contributed by atoms with Crippen LogP contribution in [0.25, 0.3) is 0 Å². The van der Waals surface area contributed by atoms with Crippen molar-refractivity contribution in [3.8, 4) is 0 Å². The molecule has 336 valence electrons. The Balaban J connectivity index is 0.983. The van der Waals surface area contributed by atoms with E-state index in [0.717, 1.165) is 121 Å².